The molecule has 0 amide bonds. The molecular weight excluding hydrogens is 244 g/mol. The van der Waals surface area contributed by atoms with Gasteiger partial charge in [0.2, 0.25) is 0 Å². The molecular formula is C18H30N2. The lowest BCUT2D eigenvalue weighted by molar-refractivity contribution is 0.168. The highest BCUT2D eigenvalue weighted by molar-refractivity contribution is 5.19. The molecule has 2 nitrogen and oxygen atoms in total. The number of hydrogen-bond acceptors (Lipinski definition) is 2. The summed E-state index contributed by atoms with van der Waals surface area (Å²) in [5.41, 5.74) is 1.47. The molecule has 1 N–H and O–H groups in total. The van der Waals surface area contributed by atoms with E-state index in [-0.39, 0.29) is 0 Å². The van der Waals surface area contributed by atoms with Gasteiger partial charge in [-0.3, -0.25) is 4.90 Å². The summed E-state index contributed by atoms with van der Waals surface area (Å²) in [5.74, 6) is 0.728. The maximum absolute atomic E-state index is 3.64. The summed E-state index contributed by atoms with van der Waals surface area (Å²) in [6.45, 7) is 10.5. The molecule has 0 radical (unpaired) electrons. The summed E-state index contributed by atoms with van der Waals surface area (Å²) in [6, 6.07) is 12.3. The maximum atomic E-state index is 3.64. The molecule has 1 heterocycles. The average molecular weight is 274 g/mol. The fourth-order valence-electron chi connectivity index (χ4n) is 3.29. The minimum atomic E-state index is 0.559. The first-order valence-corrected chi connectivity index (χ1v) is 8.23. The standard InChI is InChI=1S/C18H30N2/c1-4-20(14-17-11-8-12-19-17)18(13-15(2)3)16-9-6-5-7-10-16/h5-7,9-10,15,17-19H,4,8,11-14H2,1-3H3. The lowest BCUT2D eigenvalue weighted by atomic mass is 9.95. The van der Waals surface area contributed by atoms with E-state index < -0.39 is 0 Å². The molecule has 0 aliphatic carbocycles. The summed E-state index contributed by atoms with van der Waals surface area (Å²) >= 11 is 0. The predicted octanol–water partition coefficient (Wildman–Crippen LogP) is 3.85. The van der Waals surface area contributed by atoms with Crippen LogP contribution in [0, 0.1) is 5.92 Å². The molecule has 2 rings (SSSR count). The molecule has 112 valence electrons. The van der Waals surface area contributed by atoms with Crippen molar-refractivity contribution in [2.75, 3.05) is 19.6 Å². The van der Waals surface area contributed by atoms with Gasteiger partial charge in [-0.15, -0.1) is 0 Å². The monoisotopic (exact) mass is 274 g/mol. The van der Waals surface area contributed by atoms with Crippen molar-refractivity contribution < 1.29 is 0 Å². The molecule has 0 saturated carbocycles. The average Bonchev–Trinajstić information content (AvgIpc) is 2.96. The van der Waals surface area contributed by atoms with Crippen LogP contribution in [0.4, 0.5) is 0 Å². The molecule has 1 saturated heterocycles. The molecule has 0 bridgehead atoms. The highest BCUT2D eigenvalue weighted by atomic mass is 15.2. The van der Waals surface area contributed by atoms with Crippen LogP contribution in [-0.4, -0.2) is 30.6 Å². The molecule has 1 fully saturated rings. The lowest BCUT2D eigenvalue weighted by Crippen LogP contribution is -2.40. The first-order valence-electron chi connectivity index (χ1n) is 8.23. The van der Waals surface area contributed by atoms with Gasteiger partial charge in [0, 0.05) is 18.6 Å². The Hall–Kier alpha value is -0.860. The lowest BCUT2D eigenvalue weighted by Gasteiger charge is -2.34. The molecule has 1 aliphatic rings. The Balaban J connectivity index is 2.10. The van der Waals surface area contributed by atoms with E-state index in [1.807, 2.05) is 0 Å². The Labute approximate surface area is 124 Å². The first-order chi connectivity index (χ1) is 9.70. The van der Waals surface area contributed by atoms with Crippen LogP contribution in [0.3, 0.4) is 0 Å². The van der Waals surface area contributed by atoms with Gasteiger partial charge in [0.25, 0.3) is 0 Å². The second-order valence-corrected chi connectivity index (χ2v) is 6.44. The third kappa shape index (κ3) is 4.32. The quantitative estimate of drug-likeness (QED) is 0.812. The van der Waals surface area contributed by atoms with Gasteiger partial charge in [0.05, 0.1) is 0 Å². The van der Waals surface area contributed by atoms with Crippen molar-refractivity contribution in [1.82, 2.24) is 10.2 Å². The number of rotatable bonds is 7. The van der Waals surface area contributed by atoms with Crippen LogP contribution < -0.4 is 5.32 Å². The normalized spacial score (nSPS) is 20.8. The molecule has 0 aromatic heterocycles. The van der Waals surface area contributed by atoms with E-state index in [1.54, 1.807) is 0 Å². The van der Waals surface area contributed by atoms with E-state index >= 15 is 0 Å². The molecule has 1 aromatic rings. The van der Waals surface area contributed by atoms with Crippen LogP contribution in [0.25, 0.3) is 0 Å². The summed E-state index contributed by atoms with van der Waals surface area (Å²) in [4.78, 5) is 2.66. The third-order valence-corrected chi connectivity index (χ3v) is 4.34. The van der Waals surface area contributed by atoms with Crippen molar-refractivity contribution in [3.63, 3.8) is 0 Å². The second-order valence-electron chi connectivity index (χ2n) is 6.44. The Morgan fingerprint density at radius 2 is 2.00 bits per heavy atom. The molecule has 2 unspecified atom stereocenters. The number of benzene rings is 1. The Bertz CT molecular complexity index is 368. The first kappa shape index (κ1) is 15.5. The maximum Gasteiger partial charge on any atom is 0.0351 e. The summed E-state index contributed by atoms with van der Waals surface area (Å²) in [6.07, 6.45) is 3.91. The zero-order valence-corrected chi connectivity index (χ0v) is 13.3. The van der Waals surface area contributed by atoms with E-state index in [0.717, 1.165) is 12.5 Å². The smallest absolute Gasteiger partial charge is 0.0351 e. The van der Waals surface area contributed by atoms with Crippen molar-refractivity contribution >= 4 is 0 Å². The highest BCUT2D eigenvalue weighted by Crippen LogP contribution is 2.28. The molecule has 1 aliphatic heterocycles. The van der Waals surface area contributed by atoms with Gasteiger partial charge >= 0.3 is 0 Å². The van der Waals surface area contributed by atoms with Crippen LogP contribution >= 0.6 is 0 Å². The van der Waals surface area contributed by atoms with E-state index in [4.69, 9.17) is 0 Å². The molecule has 1 aromatic carbocycles. The van der Waals surface area contributed by atoms with Crippen LogP contribution in [0.2, 0.25) is 0 Å². The summed E-state index contributed by atoms with van der Waals surface area (Å²) in [7, 11) is 0. The predicted molar refractivity (Wildman–Crippen MR) is 86.9 cm³/mol. The minimum Gasteiger partial charge on any atom is -0.313 e. The number of hydrogen-bond donors (Lipinski definition) is 1. The van der Waals surface area contributed by atoms with Crippen molar-refractivity contribution in [2.45, 2.75) is 52.1 Å². The third-order valence-electron chi connectivity index (χ3n) is 4.34. The largest absolute Gasteiger partial charge is 0.313 e. The fourth-order valence-corrected chi connectivity index (χ4v) is 3.29. The fraction of sp³-hybridized carbons (Fsp3) is 0.667. The van der Waals surface area contributed by atoms with Crippen molar-refractivity contribution in [3.05, 3.63) is 35.9 Å². The van der Waals surface area contributed by atoms with Crippen LogP contribution in [0.1, 0.15) is 51.6 Å². The zero-order valence-electron chi connectivity index (χ0n) is 13.3. The zero-order chi connectivity index (χ0) is 14.4. The van der Waals surface area contributed by atoms with E-state index in [1.165, 1.54) is 37.9 Å². The van der Waals surface area contributed by atoms with Gasteiger partial charge in [-0.2, -0.15) is 0 Å². The van der Waals surface area contributed by atoms with Crippen LogP contribution in [0.15, 0.2) is 30.3 Å². The van der Waals surface area contributed by atoms with Crippen molar-refractivity contribution in [1.29, 1.82) is 0 Å². The topological polar surface area (TPSA) is 15.3 Å². The Morgan fingerprint density at radius 3 is 2.55 bits per heavy atom. The molecule has 2 atom stereocenters. The van der Waals surface area contributed by atoms with E-state index in [9.17, 15) is 0 Å². The van der Waals surface area contributed by atoms with Gasteiger partial charge in [-0.25, -0.2) is 0 Å². The second kappa shape index (κ2) is 7.80. The van der Waals surface area contributed by atoms with Gasteiger partial charge in [-0.1, -0.05) is 51.1 Å². The molecule has 20 heavy (non-hydrogen) atoms. The van der Waals surface area contributed by atoms with Gasteiger partial charge in [0.15, 0.2) is 0 Å². The highest BCUT2D eigenvalue weighted by Gasteiger charge is 2.24. The van der Waals surface area contributed by atoms with Gasteiger partial charge in [0.1, 0.15) is 0 Å². The molecule has 2 heteroatoms. The van der Waals surface area contributed by atoms with Gasteiger partial charge in [-0.05, 0) is 43.8 Å². The number of nitrogens with one attached hydrogen (secondary N) is 1. The van der Waals surface area contributed by atoms with Crippen LogP contribution in [0.5, 0.6) is 0 Å². The van der Waals surface area contributed by atoms with Gasteiger partial charge < -0.3 is 5.32 Å². The SMILES string of the molecule is CCN(CC1CCCN1)C(CC(C)C)c1ccccc1. The van der Waals surface area contributed by atoms with Crippen molar-refractivity contribution in [2.24, 2.45) is 5.92 Å². The van der Waals surface area contributed by atoms with Crippen LogP contribution in [-0.2, 0) is 0 Å². The number of likely N-dealkylation sites (N-methyl/N-ethyl adjacent to an activating group) is 1. The summed E-state index contributed by atoms with van der Waals surface area (Å²) < 4.78 is 0. The van der Waals surface area contributed by atoms with E-state index in [2.05, 4.69) is 61.3 Å². The number of nitrogens with zero attached hydrogens (tertiary/aromatic N) is 1. The van der Waals surface area contributed by atoms with E-state index in [0.29, 0.717) is 12.1 Å². The summed E-state index contributed by atoms with van der Waals surface area (Å²) in [5, 5.41) is 3.64. The Kier molecular flexibility index (Phi) is 6.06. The minimum absolute atomic E-state index is 0.559. The van der Waals surface area contributed by atoms with Crippen molar-refractivity contribution in [3.8, 4) is 0 Å². The Morgan fingerprint density at radius 1 is 1.25 bits per heavy atom. The molecule has 0 spiro atoms.